The molecule has 5 rings (SSSR count). The predicted molar refractivity (Wildman–Crippen MR) is 109 cm³/mol. The molecule has 0 spiro atoms. The van der Waals surface area contributed by atoms with Crippen LogP contribution >= 0.6 is 12.4 Å². The number of nitrogens with one attached hydrogen (secondary N) is 1. The summed E-state index contributed by atoms with van der Waals surface area (Å²) in [4.78, 5) is 25.6. The lowest BCUT2D eigenvalue weighted by Crippen LogP contribution is -2.51. The molecule has 1 amide bonds. The van der Waals surface area contributed by atoms with Crippen LogP contribution in [-0.2, 0) is 4.79 Å². The number of fused-ring (bicyclic) bond motifs is 3. The van der Waals surface area contributed by atoms with Gasteiger partial charge in [0.05, 0.1) is 5.92 Å². The van der Waals surface area contributed by atoms with Crippen molar-refractivity contribution in [2.75, 3.05) is 25.0 Å². The van der Waals surface area contributed by atoms with Crippen LogP contribution in [0.25, 0.3) is 11.1 Å². The summed E-state index contributed by atoms with van der Waals surface area (Å²) < 4.78 is 4.61. The number of benzene rings is 2. The summed E-state index contributed by atoms with van der Waals surface area (Å²) in [6.07, 6.45) is 0.919. The Bertz CT molecular complexity index is 830. The van der Waals surface area contributed by atoms with Gasteiger partial charge in [0.2, 0.25) is 5.91 Å². The molecule has 3 heterocycles. The van der Waals surface area contributed by atoms with Crippen LogP contribution < -0.4 is 10.1 Å². The Hall–Kier alpha value is -2.57. The van der Waals surface area contributed by atoms with E-state index in [-0.39, 0.29) is 30.0 Å². The third-order valence-electron chi connectivity index (χ3n) is 5.54. The number of halogens is 1. The number of rotatable bonds is 4. The van der Waals surface area contributed by atoms with Gasteiger partial charge in [0, 0.05) is 12.2 Å². The highest BCUT2D eigenvalue weighted by Gasteiger charge is 2.38. The first-order valence-electron chi connectivity index (χ1n) is 9.23. The number of hydrogen-bond donors (Lipinski definition) is 2. The van der Waals surface area contributed by atoms with Crippen LogP contribution in [0.5, 0.6) is 5.75 Å². The topological polar surface area (TPSA) is 78.9 Å². The number of anilines is 1. The zero-order chi connectivity index (χ0) is 18.8. The molecule has 1 atom stereocenters. The van der Waals surface area contributed by atoms with Gasteiger partial charge in [-0.1, -0.05) is 24.3 Å². The van der Waals surface area contributed by atoms with Crippen molar-refractivity contribution in [3.05, 3.63) is 48.5 Å². The summed E-state index contributed by atoms with van der Waals surface area (Å²) >= 11 is 0. The highest BCUT2D eigenvalue weighted by atomic mass is 35.5. The van der Waals surface area contributed by atoms with Crippen LogP contribution in [0, 0.1) is 11.8 Å². The van der Waals surface area contributed by atoms with Crippen molar-refractivity contribution in [1.29, 1.82) is 0 Å². The minimum atomic E-state index is -1.33. The Kier molecular flexibility index (Phi) is 6.21. The van der Waals surface area contributed by atoms with E-state index in [9.17, 15) is 9.59 Å². The van der Waals surface area contributed by atoms with Gasteiger partial charge in [-0.25, -0.2) is 4.79 Å². The predicted octanol–water partition coefficient (Wildman–Crippen LogP) is 4.11. The Balaban J connectivity index is 0.00000225. The number of carbonyl (C=O) groups is 2. The molecule has 3 fully saturated rings. The molecule has 0 radical (unpaired) electrons. The van der Waals surface area contributed by atoms with Gasteiger partial charge in [-0.15, -0.1) is 12.4 Å². The Labute approximate surface area is 169 Å². The normalized spacial score (nSPS) is 22.8. The Morgan fingerprint density at radius 2 is 1.54 bits per heavy atom. The quantitative estimate of drug-likeness (QED) is 0.594. The highest BCUT2D eigenvalue weighted by molar-refractivity contribution is 5.93. The van der Waals surface area contributed by atoms with E-state index in [2.05, 4.69) is 15.0 Å². The Morgan fingerprint density at radius 3 is 2.04 bits per heavy atom. The van der Waals surface area contributed by atoms with Crippen molar-refractivity contribution in [1.82, 2.24) is 4.90 Å². The summed E-state index contributed by atoms with van der Waals surface area (Å²) in [7, 11) is 0. The monoisotopic (exact) mass is 402 g/mol. The number of nitrogens with zero attached hydrogens (tertiary/aromatic N) is 1. The Morgan fingerprint density at radius 1 is 0.964 bits per heavy atom. The van der Waals surface area contributed by atoms with E-state index < -0.39 is 6.16 Å². The summed E-state index contributed by atoms with van der Waals surface area (Å²) in [5.74, 6) is 1.01. The molecular weight excluding hydrogens is 380 g/mol. The van der Waals surface area contributed by atoms with Crippen molar-refractivity contribution in [2.24, 2.45) is 11.8 Å². The van der Waals surface area contributed by atoms with Gasteiger partial charge in [0.15, 0.2) is 0 Å². The van der Waals surface area contributed by atoms with E-state index in [0.717, 1.165) is 49.3 Å². The summed E-state index contributed by atoms with van der Waals surface area (Å²) in [6.45, 7) is 3.12. The van der Waals surface area contributed by atoms with Gasteiger partial charge in [-0.05, 0) is 67.2 Å². The standard InChI is InChI=1S/C21H22N2O4.ClH/c24-20(19-13-23-11-9-16(19)10-12-23)22-17-5-1-14(2-6-17)15-3-7-18(8-4-15)27-21(25)26;/h1-8,16,19H,9-13H2,(H,22,24)(H,25,26);1H/t19-;/m1./s1. The lowest BCUT2D eigenvalue weighted by atomic mass is 9.78. The first kappa shape index (κ1) is 20.2. The molecule has 3 aliphatic heterocycles. The largest absolute Gasteiger partial charge is 0.511 e. The second-order valence-corrected chi connectivity index (χ2v) is 7.20. The number of hydrogen-bond acceptors (Lipinski definition) is 4. The molecule has 2 N–H and O–H groups in total. The van der Waals surface area contributed by atoms with E-state index in [1.54, 1.807) is 24.3 Å². The molecule has 28 heavy (non-hydrogen) atoms. The fourth-order valence-corrected chi connectivity index (χ4v) is 4.06. The van der Waals surface area contributed by atoms with E-state index >= 15 is 0 Å². The first-order chi connectivity index (χ1) is 13.1. The van der Waals surface area contributed by atoms with Crippen molar-refractivity contribution in [3.63, 3.8) is 0 Å². The second-order valence-electron chi connectivity index (χ2n) is 7.20. The maximum Gasteiger partial charge on any atom is 0.511 e. The molecule has 0 aliphatic carbocycles. The zero-order valence-electron chi connectivity index (χ0n) is 15.3. The molecule has 148 valence electrons. The average Bonchev–Trinajstić information content (AvgIpc) is 2.69. The lowest BCUT2D eigenvalue weighted by molar-refractivity contribution is -0.125. The minimum Gasteiger partial charge on any atom is -0.449 e. The van der Waals surface area contributed by atoms with E-state index in [1.165, 1.54) is 0 Å². The van der Waals surface area contributed by atoms with E-state index in [1.807, 2.05) is 24.3 Å². The van der Waals surface area contributed by atoms with Crippen molar-refractivity contribution < 1.29 is 19.4 Å². The van der Waals surface area contributed by atoms with Gasteiger partial charge in [0.25, 0.3) is 0 Å². The van der Waals surface area contributed by atoms with Crippen LogP contribution in [0.3, 0.4) is 0 Å². The molecule has 2 aromatic carbocycles. The summed E-state index contributed by atoms with van der Waals surface area (Å²) in [5, 5.41) is 11.7. The average molecular weight is 403 g/mol. The fourth-order valence-electron chi connectivity index (χ4n) is 4.06. The van der Waals surface area contributed by atoms with Gasteiger partial charge in [0.1, 0.15) is 5.75 Å². The lowest BCUT2D eigenvalue weighted by Gasteiger charge is -2.43. The van der Waals surface area contributed by atoms with Crippen LogP contribution in [0.1, 0.15) is 12.8 Å². The van der Waals surface area contributed by atoms with Crippen LogP contribution in [0.15, 0.2) is 48.5 Å². The van der Waals surface area contributed by atoms with Crippen molar-refractivity contribution >= 4 is 30.2 Å². The SMILES string of the molecule is Cl.O=C(O)Oc1ccc(-c2ccc(NC(=O)[C@@H]3CN4CCC3CC4)cc2)cc1. The molecule has 0 saturated carbocycles. The minimum absolute atomic E-state index is 0. The zero-order valence-corrected chi connectivity index (χ0v) is 16.2. The number of carboxylic acid groups (broad SMARTS) is 1. The molecule has 2 bridgehead atoms. The molecule has 7 heteroatoms. The fraction of sp³-hybridized carbons (Fsp3) is 0.333. The van der Waals surface area contributed by atoms with Crippen LogP contribution in [0.2, 0.25) is 0 Å². The molecule has 3 aliphatic rings. The highest BCUT2D eigenvalue weighted by Crippen LogP contribution is 2.33. The van der Waals surface area contributed by atoms with Crippen LogP contribution in [-0.4, -0.2) is 41.7 Å². The van der Waals surface area contributed by atoms with Gasteiger partial charge in [-0.3, -0.25) is 4.79 Å². The molecule has 6 nitrogen and oxygen atoms in total. The summed E-state index contributed by atoms with van der Waals surface area (Å²) in [6, 6.07) is 14.5. The van der Waals surface area contributed by atoms with Crippen molar-refractivity contribution in [2.45, 2.75) is 12.8 Å². The smallest absolute Gasteiger partial charge is 0.449 e. The molecule has 3 saturated heterocycles. The third kappa shape index (κ3) is 4.46. The van der Waals surface area contributed by atoms with Gasteiger partial charge >= 0.3 is 6.16 Å². The third-order valence-corrected chi connectivity index (χ3v) is 5.54. The second kappa shape index (κ2) is 8.63. The van der Waals surface area contributed by atoms with Gasteiger partial charge in [-0.2, -0.15) is 0 Å². The van der Waals surface area contributed by atoms with E-state index in [4.69, 9.17) is 5.11 Å². The van der Waals surface area contributed by atoms with E-state index in [0.29, 0.717) is 5.92 Å². The molecule has 0 aromatic heterocycles. The maximum absolute atomic E-state index is 12.6. The first-order valence-corrected chi connectivity index (χ1v) is 9.23. The maximum atomic E-state index is 12.6. The number of piperidine rings is 3. The number of amides is 1. The molecular formula is C21H23ClN2O4. The van der Waals surface area contributed by atoms with Gasteiger partial charge < -0.3 is 20.1 Å². The molecule has 2 aromatic rings. The van der Waals surface area contributed by atoms with Crippen molar-refractivity contribution in [3.8, 4) is 16.9 Å². The number of ether oxygens (including phenoxy) is 1. The molecule has 0 unspecified atom stereocenters. The van der Waals surface area contributed by atoms with Crippen LogP contribution in [0.4, 0.5) is 10.5 Å². The summed E-state index contributed by atoms with van der Waals surface area (Å²) in [5.41, 5.74) is 2.73. The number of carbonyl (C=O) groups excluding carboxylic acids is 1.